The molecule has 2 fully saturated rings. The average Bonchev–Trinajstić information content (AvgIpc) is 2.52. The molecule has 2 heterocycles. The number of nitrogens with two attached hydrogens (primary N) is 1. The molecule has 1 aromatic carbocycles. The Morgan fingerprint density at radius 3 is 1.90 bits per heavy atom. The molecule has 4 nitrogen and oxygen atoms in total. The van der Waals surface area contributed by atoms with Gasteiger partial charge in [0, 0.05) is 5.56 Å². The summed E-state index contributed by atoms with van der Waals surface area (Å²) in [7, 11) is 0. The number of rotatable bonds is 1. The van der Waals surface area contributed by atoms with E-state index in [9.17, 15) is 0 Å². The molecule has 0 atom stereocenters. The van der Waals surface area contributed by atoms with E-state index in [1.165, 1.54) is 5.56 Å². The fourth-order valence-electron chi connectivity index (χ4n) is 2.04. The lowest BCUT2D eigenvalue weighted by Crippen LogP contribution is -3.00. The minimum Gasteiger partial charge on any atom is -1.00 e. The standard InChI is InChI=1S/C11H14NO.C4H9NO.2ClH/c1-2-4-11(5-3-1)10-12-6-8-13-9-7-12;1-3-6-4-2-5-1;;/h1-5,10H,6-9H2;5H,1-4H2;2*1H/q+1;;;/p-1. The van der Waals surface area contributed by atoms with Gasteiger partial charge in [0.15, 0.2) is 19.3 Å². The van der Waals surface area contributed by atoms with Gasteiger partial charge in [-0.2, -0.15) is 0 Å². The maximum absolute atomic E-state index is 5.28. The van der Waals surface area contributed by atoms with Crippen molar-refractivity contribution in [2.45, 2.75) is 0 Å². The maximum atomic E-state index is 5.28. The third kappa shape index (κ3) is 9.06. The minimum atomic E-state index is 0. The van der Waals surface area contributed by atoms with Crippen LogP contribution in [0.2, 0.25) is 0 Å². The summed E-state index contributed by atoms with van der Waals surface area (Å²) in [6, 6.07) is 10.4. The van der Waals surface area contributed by atoms with Crippen LogP contribution < -0.4 is 30.1 Å². The van der Waals surface area contributed by atoms with Crippen LogP contribution in [0.15, 0.2) is 30.3 Å². The number of hydrogen-bond acceptors (Lipinski definition) is 2. The van der Waals surface area contributed by atoms with E-state index in [0.29, 0.717) is 0 Å². The maximum Gasteiger partial charge on any atom is 0.170 e. The zero-order chi connectivity index (χ0) is 13.2. The summed E-state index contributed by atoms with van der Waals surface area (Å²) >= 11 is 0. The number of halogens is 2. The predicted molar refractivity (Wildman–Crippen MR) is 74.9 cm³/mol. The van der Waals surface area contributed by atoms with Crippen molar-refractivity contribution in [3.05, 3.63) is 35.9 Å². The van der Waals surface area contributed by atoms with Gasteiger partial charge in [-0.3, -0.25) is 0 Å². The van der Waals surface area contributed by atoms with Crippen LogP contribution in [-0.2, 0) is 9.47 Å². The van der Waals surface area contributed by atoms with Gasteiger partial charge in [0.25, 0.3) is 0 Å². The van der Waals surface area contributed by atoms with E-state index < -0.39 is 0 Å². The summed E-state index contributed by atoms with van der Waals surface area (Å²) in [6.45, 7) is 7.91. The fraction of sp³-hybridized carbons (Fsp3) is 0.533. The van der Waals surface area contributed by atoms with Gasteiger partial charge in [-0.05, 0) is 12.1 Å². The lowest BCUT2D eigenvalue weighted by molar-refractivity contribution is -0.670. The first kappa shape index (κ1) is 20.3. The highest BCUT2D eigenvalue weighted by Gasteiger charge is 2.09. The van der Waals surface area contributed by atoms with Gasteiger partial charge >= 0.3 is 0 Å². The van der Waals surface area contributed by atoms with Crippen LogP contribution in [0.25, 0.3) is 0 Å². The molecule has 0 aliphatic carbocycles. The summed E-state index contributed by atoms with van der Waals surface area (Å²) in [6.07, 6.45) is 2.20. The number of hydrogen-bond donors (Lipinski definition) is 1. The van der Waals surface area contributed by atoms with E-state index in [2.05, 4.69) is 40.4 Å². The topological polar surface area (TPSA) is 38.1 Å². The Kier molecular flexibility index (Phi) is 12.6. The van der Waals surface area contributed by atoms with E-state index in [1.807, 2.05) is 6.07 Å². The molecule has 0 unspecified atom stereocenters. The monoisotopic (exact) mass is 334 g/mol. The number of nitrogens with zero attached hydrogens (tertiary/aromatic N) is 1. The molecule has 120 valence electrons. The minimum absolute atomic E-state index is 0. The molecular formula is C15H24Cl2N2O2. The van der Waals surface area contributed by atoms with E-state index in [1.54, 1.807) is 0 Å². The Bertz CT molecular complexity index is 365. The second-order valence-electron chi connectivity index (χ2n) is 4.67. The summed E-state index contributed by atoms with van der Waals surface area (Å²) < 4.78 is 12.6. The summed E-state index contributed by atoms with van der Waals surface area (Å²) in [4.78, 5) is 0. The third-order valence-electron chi connectivity index (χ3n) is 3.11. The second-order valence-corrected chi connectivity index (χ2v) is 4.67. The van der Waals surface area contributed by atoms with E-state index in [4.69, 9.17) is 9.47 Å². The Balaban J connectivity index is 0.000000430. The highest BCUT2D eigenvalue weighted by Crippen LogP contribution is 1.96. The third-order valence-corrected chi connectivity index (χ3v) is 3.11. The lowest BCUT2D eigenvalue weighted by Gasteiger charge is -2.10. The molecular weight excluding hydrogens is 311 g/mol. The van der Waals surface area contributed by atoms with Crippen molar-refractivity contribution in [1.82, 2.24) is 0 Å². The summed E-state index contributed by atoms with van der Waals surface area (Å²) in [5.41, 5.74) is 1.27. The normalized spacial score (nSPS) is 17.4. The Morgan fingerprint density at radius 2 is 1.43 bits per heavy atom. The molecule has 21 heavy (non-hydrogen) atoms. The van der Waals surface area contributed by atoms with Crippen molar-refractivity contribution >= 4 is 6.21 Å². The molecule has 2 saturated heterocycles. The van der Waals surface area contributed by atoms with Crippen LogP contribution >= 0.6 is 0 Å². The van der Waals surface area contributed by atoms with Gasteiger partial charge in [-0.15, -0.1) is 0 Å². The van der Waals surface area contributed by atoms with Crippen LogP contribution in [0.4, 0.5) is 0 Å². The Morgan fingerprint density at radius 1 is 0.857 bits per heavy atom. The Labute approximate surface area is 139 Å². The molecule has 0 radical (unpaired) electrons. The first-order valence-electron chi connectivity index (χ1n) is 7.06. The van der Waals surface area contributed by atoms with Crippen molar-refractivity contribution in [3.63, 3.8) is 0 Å². The van der Waals surface area contributed by atoms with Crippen molar-refractivity contribution in [3.8, 4) is 0 Å². The van der Waals surface area contributed by atoms with E-state index in [-0.39, 0.29) is 24.8 Å². The molecule has 3 rings (SSSR count). The zero-order valence-electron chi connectivity index (χ0n) is 12.2. The zero-order valence-corrected chi connectivity index (χ0v) is 13.7. The van der Waals surface area contributed by atoms with Crippen molar-refractivity contribution in [2.24, 2.45) is 0 Å². The quantitative estimate of drug-likeness (QED) is 0.519. The van der Waals surface area contributed by atoms with Gasteiger partial charge in [-0.25, -0.2) is 4.58 Å². The number of benzene rings is 1. The number of morpholine rings is 2. The molecule has 1 aromatic rings. The first-order chi connectivity index (χ1) is 9.45. The molecule has 0 saturated carbocycles. The van der Waals surface area contributed by atoms with E-state index >= 15 is 0 Å². The fourth-order valence-corrected chi connectivity index (χ4v) is 2.04. The van der Waals surface area contributed by atoms with Crippen LogP contribution in [0, 0.1) is 0 Å². The van der Waals surface area contributed by atoms with Crippen LogP contribution in [0.3, 0.4) is 0 Å². The van der Waals surface area contributed by atoms with Gasteiger partial charge in [0.2, 0.25) is 0 Å². The van der Waals surface area contributed by atoms with Gasteiger partial charge < -0.3 is 39.6 Å². The molecule has 0 aromatic heterocycles. The molecule has 0 amide bonds. The smallest absolute Gasteiger partial charge is 0.170 e. The Hall–Kier alpha value is -0.650. The highest BCUT2D eigenvalue weighted by molar-refractivity contribution is 5.75. The molecule has 0 spiro atoms. The van der Waals surface area contributed by atoms with Gasteiger partial charge in [-0.1, -0.05) is 18.2 Å². The molecule has 2 aliphatic heterocycles. The summed E-state index contributed by atoms with van der Waals surface area (Å²) in [5.74, 6) is 0. The van der Waals surface area contributed by atoms with Crippen molar-refractivity contribution in [1.29, 1.82) is 0 Å². The number of ether oxygens (including phenoxy) is 2. The number of quaternary nitrogens is 1. The summed E-state index contributed by atoms with van der Waals surface area (Å²) in [5, 5.41) is 2.27. The molecule has 2 aliphatic rings. The van der Waals surface area contributed by atoms with Crippen LogP contribution in [0.5, 0.6) is 0 Å². The first-order valence-corrected chi connectivity index (χ1v) is 7.06. The van der Waals surface area contributed by atoms with Crippen LogP contribution in [0.1, 0.15) is 5.56 Å². The van der Waals surface area contributed by atoms with Crippen molar-refractivity contribution < 1.29 is 44.2 Å². The lowest BCUT2D eigenvalue weighted by atomic mass is 10.2. The van der Waals surface area contributed by atoms with Crippen molar-refractivity contribution in [2.75, 3.05) is 52.6 Å². The molecule has 2 N–H and O–H groups in total. The SMILES string of the molecule is C(c1ccccc1)=[N+]1CCOCC1.C1COCC[NH2+]1.[Cl-].[Cl-]. The molecule has 6 heteroatoms. The highest BCUT2D eigenvalue weighted by atomic mass is 35.5. The van der Waals surface area contributed by atoms with E-state index in [0.717, 1.165) is 52.6 Å². The predicted octanol–water partition coefficient (Wildman–Crippen LogP) is -6.26. The second kappa shape index (κ2) is 13.0. The van der Waals surface area contributed by atoms with Crippen LogP contribution in [-0.4, -0.2) is 63.4 Å². The van der Waals surface area contributed by atoms with Gasteiger partial charge in [0.1, 0.15) is 13.2 Å². The average molecular weight is 335 g/mol. The molecule has 0 bridgehead atoms. The largest absolute Gasteiger partial charge is 1.00 e. The van der Waals surface area contributed by atoms with Gasteiger partial charge in [0.05, 0.1) is 26.3 Å².